The van der Waals surface area contributed by atoms with Crippen LogP contribution < -0.4 is 4.72 Å². The van der Waals surface area contributed by atoms with Crippen molar-refractivity contribution in [2.75, 3.05) is 0 Å². The molecule has 28 heavy (non-hydrogen) atoms. The van der Waals surface area contributed by atoms with Crippen LogP contribution >= 0.6 is 11.6 Å². The lowest BCUT2D eigenvalue weighted by atomic mass is 10.0. The molecule has 0 spiro atoms. The molecule has 8 heteroatoms. The van der Waals surface area contributed by atoms with Crippen molar-refractivity contribution >= 4 is 27.6 Å². The molecule has 152 valence electrons. The van der Waals surface area contributed by atoms with Crippen molar-refractivity contribution in [2.24, 2.45) is 0 Å². The molecule has 0 aliphatic carbocycles. The molecule has 0 saturated heterocycles. The van der Waals surface area contributed by atoms with Gasteiger partial charge in [0.2, 0.25) is 10.0 Å². The molecule has 2 N–H and O–H groups in total. The second-order valence-electron chi connectivity index (χ2n) is 6.53. The summed E-state index contributed by atoms with van der Waals surface area (Å²) in [5.41, 5.74) is 0.671. The summed E-state index contributed by atoms with van der Waals surface area (Å²) in [5, 5.41) is 9.11. The predicted molar refractivity (Wildman–Crippen MR) is 106 cm³/mol. The van der Waals surface area contributed by atoms with Crippen molar-refractivity contribution < 1.29 is 22.7 Å². The van der Waals surface area contributed by atoms with Crippen LogP contribution in [0.3, 0.4) is 0 Å². The zero-order valence-electron chi connectivity index (χ0n) is 15.3. The number of hydrogen-bond donors (Lipinski definition) is 2. The highest BCUT2D eigenvalue weighted by Gasteiger charge is 2.21. The van der Waals surface area contributed by atoms with Gasteiger partial charge in [0.15, 0.2) is 0 Å². The monoisotopic (exact) mass is 427 g/mol. The molecule has 5 nitrogen and oxygen atoms in total. The minimum absolute atomic E-state index is 0.102. The Labute approximate surface area is 169 Å². The van der Waals surface area contributed by atoms with Crippen molar-refractivity contribution in [1.29, 1.82) is 0 Å². The first-order valence-corrected chi connectivity index (χ1v) is 10.9. The lowest BCUT2D eigenvalue weighted by Gasteiger charge is -2.19. The molecule has 0 fully saturated rings. The van der Waals surface area contributed by atoms with Crippen molar-refractivity contribution in [2.45, 2.75) is 49.5 Å². The van der Waals surface area contributed by atoms with Crippen LogP contribution in [0.4, 0.5) is 4.39 Å². The summed E-state index contributed by atoms with van der Waals surface area (Å²) in [4.78, 5) is 10.7. The molecule has 1 atom stereocenters. The maximum absolute atomic E-state index is 13.2. The van der Waals surface area contributed by atoms with E-state index < -0.39 is 27.9 Å². The van der Waals surface area contributed by atoms with Crippen molar-refractivity contribution in [3.63, 3.8) is 0 Å². The number of sulfonamides is 1. The molecular weight excluding hydrogens is 405 g/mol. The van der Waals surface area contributed by atoms with Crippen LogP contribution in [0, 0.1) is 5.82 Å². The van der Waals surface area contributed by atoms with E-state index in [0.29, 0.717) is 29.8 Å². The Hall–Kier alpha value is -1.96. The highest BCUT2D eigenvalue weighted by molar-refractivity contribution is 7.89. The second kappa shape index (κ2) is 10.5. The molecule has 0 amide bonds. The normalized spacial score (nSPS) is 12.6. The van der Waals surface area contributed by atoms with Gasteiger partial charge in [-0.15, -0.1) is 0 Å². The molecule has 0 saturated carbocycles. The second-order valence-corrected chi connectivity index (χ2v) is 8.68. The largest absolute Gasteiger partial charge is 0.481 e. The van der Waals surface area contributed by atoms with Crippen LogP contribution in [0.25, 0.3) is 0 Å². The number of carboxylic acids is 1. The summed E-state index contributed by atoms with van der Waals surface area (Å²) in [7, 11) is -3.77. The van der Waals surface area contributed by atoms with Crippen LogP contribution in [0.15, 0.2) is 53.4 Å². The summed E-state index contributed by atoms with van der Waals surface area (Å²) in [5.74, 6) is -1.21. The van der Waals surface area contributed by atoms with Gasteiger partial charge in [0.25, 0.3) is 0 Å². The molecule has 2 rings (SSSR count). The van der Waals surface area contributed by atoms with Crippen molar-refractivity contribution in [3.8, 4) is 0 Å². The zero-order valence-corrected chi connectivity index (χ0v) is 16.8. The van der Waals surface area contributed by atoms with E-state index in [2.05, 4.69) is 4.72 Å². The number of aliphatic carboxylic acids is 1. The lowest BCUT2D eigenvalue weighted by molar-refractivity contribution is -0.137. The third-order valence-electron chi connectivity index (χ3n) is 4.33. The summed E-state index contributed by atoms with van der Waals surface area (Å²) < 4.78 is 41.4. The Balaban J connectivity index is 2.06. The average molecular weight is 428 g/mol. The first-order chi connectivity index (χ1) is 13.3. The van der Waals surface area contributed by atoms with E-state index >= 15 is 0 Å². The number of carboxylic acid groups (broad SMARTS) is 1. The van der Waals surface area contributed by atoms with Crippen molar-refractivity contribution in [1.82, 2.24) is 4.72 Å². The van der Waals surface area contributed by atoms with Gasteiger partial charge in [-0.25, -0.2) is 17.5 Å². The van der Waals surface area contributed by atoms with Crippen LogP contribution in [0.2, 0.25) is 5.02 Å². The van der Waals surface area contributed by atoms with Crippen LogP contribution in [-0.4, -0.2) is 19.5 Å². The fourth-order valence-electron chi connectivity index (χ4n) is 2.84. The highest BCUT2D eigenvalue weighted by atomic mass is 35.5. The number of benzene rings is 2. The predicted octanol–water partition coefficient (Wildman–Crippen LogP) is 4.92. The summed E-state index contributed by atoms with van der Waals surface area (Å²) in [6.45, 7) is 0. The quantitative estimate of drug-likeness (QED) is 0.498. The number of carbonyl (C=O) groups is 1. The van der Waals surface area contributed by atoms with E-state index in [-0.39, 0.29) is 11.3 Å². The zero-order chi connectivity index (χ0) is 20.6. The molecule has 2 aromatic rings. The molecule has 1 unspecified atom stereocenters. The molecule has 0 aromatic heterocycles. The lowest BCUT2D eigenvalue weighted by Crippen LogP contribution is -2.28. The molecule has 2 aromatic carbocycles. The highest BCUT2D eigenvalue weighted by Crippen LogP contribution is 2.24. The number of hydrogen-bond acceptors (Lipinski definition) is 3. The Morgan fingerprint density at radius 2 is 1.61 bits per heavy atom. The Kier molecular flexibility index (Phi) is 8.41. The summed E-state index contributed by atoms with van der Waals surface area (Å²) >= 11 is 5.82. The average Bonchev–Trinajstić information content (AvgIpc) is 2.64. The Morgan fingerprint density at radius 1 is 1.00 bits per heavy atom. The number of halogens is 2. The fraction of sp³-hybridized carbons (Fsp3) is 0.350. The molecule has 0 bridgehead atoms. The van der Waals surface area contributed by atoms with Gasteiger partial charge >= 0.3 is 5.97 Å². The van der Waals surface area contributed by atoms with E-state index in [9.17, 15) is 17.6 Å². The minimum Gasteiger partial charge on any atom is -0.481 e. The molecule has 0 aliphatic rings. The van der Waals surface area contributed by atoms with Gasteiger partial charge in [-0.2, -0.15) is 0 Å². The SMILES string of the molecule is O=C(O)CCCCCCC(NS(=O)(=O)c1ccc(Cl)cc1)c1ccc(F)cc1. The van der Waals surface area contributed by atoms with Crippen molar-refractivity contribution in [3.05, 3.63) is 64.9 Å². The van der Waals surface area contributed by atoms with E-state index in [1.54, 1.807) is 12.1 Å². The molecule has 0 heterocycles. The number of unbranched alkanes of at least 4 members (excludes halogenated alkanes) is 3. The summed E-state index contributed by atoms with van der Waals surface area (Å²) in [6.07, 6.45) is 3.49. The fourth-order valence-corrected chi connectivity index (χ4v) is 4.22. The van der Waals surface area contributed by atoms with Crippen LogP contribution in [0.1, 0.15) is 50.1 Å². The summed E-state index contributed by atoms with van der Waals surface area (Å²) in [6, 6.07) is 11.1. The van der Waals surface area contributed by atoms with E-state index in [1.807, 2.05) is 0 Å². The first kappa shape index (κ1) is 22.3. The smallest absolute Gasteiger partial charge is 0.303 e. The van der Waals surface area contributed by atoms with Gasteiger partial charge < -0.3 is 5.11 Å². The van der Waals surface area contributed by atoms with Crippen LogP contribution in [-0.2, 0) is 14.8 Å². The first-order valence-electron chi connectivity index (χ1n) is 9.03. The van der Waals surface area contributed by atoms with Gasteiger partial charge in [-0.3, -0.25) is 4.79 Å². The van der Waals surface area contributed by atoms with Gasteiger partial charge in [0.05, 0.1) is 4.90 Å². The molecular formula is C20H23ClFNO4S. The minimum atomic E-state index is -3.77. The van der Waals surface area contributed by atoms with Gasteiger partial charge in [-0.05, 0) is 54.8 Å². The maximum Gasteiger partial charge on any atom is 0.303 e. The topological polar surface area (TPSA) is 83.5 Å². The van der Waals surface area contributed by atoms with Gasteiger partial charge in [0.1, 0.15) is 5.82 Å². The van der Waals surface area contributed by atoms with E-state index in [1.165, 1.54) is 36.4 Å². The van der Waals surface area contributed by atoms with Gasteiger partial charge in [0, 0.05) is 17.5 Å². The van der Waals surface area contributed by atoms with E-state index in [0.717, 1.165) is 12.8 Å². The standard InChI is InChI=1S/C20H23ClFNO4S/c21-16-9-13-18(14-10-16)28(26,27)23-19(15-7-11-17(22)12-8-15)5-3-1-2-4-6-20(24)25/h7-14,19,23H,1-6H2,(H,24,25). The van der Waals surface area contributed by atoms with Gasteiger partial charge in [-0.1, -0.05) is 43.0 Å². The number of rotatable bonds is 11. The number of nitrogens with one attached hydrogen (secondary N) is 1. The Morgan fingerprint density at radius 3 is 2.21 bits per heavy atom. The van der Waals surface area contributed by atoms with E-state index in [4.69, 9.17) is 16.7 Å². The van der Waals surface area contributed by atoms with Crippen LogP contribution in [0.5, 0.6) is 0 Å². The molecule has 0 radical (unpaired) electrons. The maximum atomic E-state index is 13.2. The molecule has 0 aliphatic heterocycles. The Bertz CT molecular complexity index is 870. The third kappa shape index (κ3) is 7.22. The third-order valence-corrected chi connectivity index (χ3v) is 6.07.